The Morgan fingerprint density at radius 1 is 1.13 bits per heavy atom. The molecule has 1 saturated heterocycles. The number of ether oxygens (including phenoxy) is 1. The van der Waals surface area contributed by atoms with E-state index in [0.29, 0.717) is 38.5 Å². The van der Waals surface area contributed by atoms with E-state index in [-0.39, 0.29) is 11.6 Å². The molecule has 31 heavy (non-hydrogen) atoms. The lowest BCUT2D eigenvalue weighted by molar-refractivity contribution is -0.137. The van der Waals surface area contributed by atoms with Gasteiger partial charge in [-0.05, 0) is 43.5 Å². The normalized spacial score (nSPS) is 16.5. The third-order valence-corrected chi connectivity index (χ3v) is 5.86. The van der Waals surface area contributed by atoms with Crippen molar-refractivity contribution in [2.24, 2.45) is 0 Å². The van der Waals surface area contributed by atoms with Gasteiger partial charge in [0.15, 0.2) is 0 Å². The van der Waals surface area contributed by atoms with E-state index in [0.717, 1.165) is 34.7 Å². The largest absolute Gasteiger partial charge is 0.490 e. The van der Waals surface area contributed by atoms with Crippen LogP contribution in [-0.4, -0.2) is 60.4 Å². The molecular formula is C22H27ClF3N3O2. The molecule has 5 nitrogen and oxygen atoms in total. The molecule has 1 fully saturated rings. The number of benzene rings is 1. The highest BCUT2D eigenvalue weighted by molar-refractivity contribution is 6.33. The van der Waals surface area contributed by atoms with Gasteiger partial charge in [0, 0.05) is 38.9 Å². The minimum Gasteiger partial charge on any atom is -0.490 e. The van der Waals surface area contributed by atoms with Gasteiger partial charge in [0.1, 0.15) is 24.3 Å². The zero-order chi connectivity index (χ0) is 22.8. The Morgan fingerprint density at radius 2 is 1.77 bits per heavy atom. The number of aliphatic hydroxyl groups excluding tert-OH is 1. The summed E-state index contributed by atoms with van der Waals surface area (Å²) in [7, 11) is 0. The molecule has 1 aromatic heterocycles. The molecule has 170 valence electrons. The highest BCUT2D eigenvalue weighted by Gasteiger charge is 2.32. The SMILES string of the molecule is Cc1ccc(C)c(OCC(O)CN2CCN(c3ncc(C(F)(F)F)cc3Cl)CC2)c1C. The fourth-order valence-corrected chi connectivity index (χ4v) is 3.92. The molecule has 0 bridgehead atoms. The second-order valence-electron chi connectivity index (χ2n) is 7.93. The highest BCUT2D eigenvalue weighted by atomic mass is 35.5. The van der Waals surface area contributed by atoms with Crippen LogP contribution in [0.5, 0.6) is 5.75 Å². The molecule has 1 aliphatic rings. The first-order valence-corrected chi connectivity index (χ1v) is 10.5. The number of alkyl halides is 3. The minimum atomic E-state index is -4.47. The molecule has 1 atom stereocenters. The fourth-order valence-electron chi connectivity index (χ4n) is 3.64. The van der Waals surface area contributed by atoms with Crippen molar-refractivity contribution in [3.63, 3.8) is 0 Å². The molecule has 0 spiro atoms. The maximum absolute atomic E-state index is 12.8. The number of hydrogen-bond donors (Lipinski definition) is 1. The van der Waals surface area contributed by atoms with Crippen molar-refractivity contribution in [1.82, 2.24) is 9.88 Å². The van der Waals surface area contributed by atoms with E-state index in [1.807, 2.05) is 37.8 Å². The zero-order valence-corrected chi connectivity index (χ0v) is 18.6. The van der Waals surface area contributed by atoms with Crippen molar-refractivity contribution in [3.05, 3.63) is 51.7 Å². The van der Waals surface area contributed by atoms with Crippen LogP contribution in [-0.2, 0) is 6.18 Å². The molecule has 0 aliphatic carbocycles. The monoisotopic (exact) mass is 457 g/mol. The van der Waals surface area contributed by atoms with E-state index >= 15 is 0 Å². The summed E-state index contributed by atoms with van der Waals surface area (Å²) in [6, 6.07) is 4.96. The number of halogens is 4. The van der Waals surface area contributed by atoms with Gasteiger partial charge in [-0.1, -0.05) is 23.7 Å². The number of hydrogen-bond acceptors (Lipinski definition) is 5. The molecule has 1 aromatic carbocycles. The van der Waals surface area contributed by atoms with Crippen molar-refractivity contribution in [3.8, 4) is 5.75 Å². The summed E-state index contributed by atoms with van der Waals surface area (Å²) in [6.07, 6.45) is -4.32. The summed E-state index contributed by atoms with van der Waals surface area (Å²) in [5.74, 6) is 1.16. The Bertz CT molecular complexity index is 916. The van der Waals surface area contributed by atoms with Gasteiger partial charge < -0.3 is 14.7 Å². The zero-order valence-electron chi connectivity index (χ0n) is 17.8. The van der Waals surface area contributed by atoms with Gasteiger partial charge >= 0.3 is 6.18 Å². The quantitative estimate of drug-likeness (QED) is 0.703. The molecule has 0 radical (unpaired) electrons. The summed E-state index contributed by atoms with van der Waals surface area (Å²) < 4.78 is 44.3. The molecule has 9 heteroatoms. The summed E-state index contributed by atoms with van der Waals surface area (Å²) in [5.41, 5.74) is 2.38. The van der Waals surface area contributed by atoms with E-state index in [4.69, 9.17) is 16.3 Å². The van der Waals surface area contributed by atoms with Crippen LogP contribution in [0.25, 0.3) is 0 Å². The van der Waals surface area contributed by atoms with Crippen molar-refractivity contribution in [2.45, 2.75) is 33.1 Å². The van der Waals surface area contributed by atoms with E-state index in [1.165, 1.54) is 0 Å². The van der Waals surface area contributed by atoms with Crippen LogP contribution in [0.4, 0.5) is 19.0 Å². The van der Waals surface area contributed by atoms with Crippen molar-refractivity contribution in [2.75, 3.05) is 44.2 Å². The maximum Gasteiger partial charge on any atom is 0.417 e. The molecule has 3 rings (SSSR count). The number of pyridine rings is 1. The molecular weight excluding hydrogens is 431 g/mol. The Kier molecular flexibility index (Phi) is 7.34. The Morgan fingerprint density at radius 3 is 2.39 bits per heavy atom. The summed E-state index contributed by atoms with van der Waals surface area (Å²) >= 11 is 6.05. The number of anilines is 1. The highest BCUT2D eigenvalue weighted by Crippen LogP contribution is 2.33. The number of β-amino-alcohol motifs (C(OH)–C–C–N with tert-alkyl or cyclic N) is 1. The summed E-state index contributed by atoms with van der Waals surface area (Å²) in [5, 5.41) is 10.4. The van der Waals surface area contributed by atoms with E-state index < -0.39 is 17.8 Å². The lowest BCUT2D eigenvalue weighted by Crippen LogP contribution is -2.49. The standard InChI is InChI=1S/C22H27ClF3N3O2/c1-14-4-5-15(2)20(16(14)3)31-13-18(30)12-28-6-8-29(9-7-28)21-19(23)10-17(11-27-21)22(24,25)26/h4-5,10-11,18,30H,6-9,12-13H2,1-3H3. The molecule has 2 heterocycles. The Labute approximate surface area is 185 Å². The molecule has 0 amide bonds. The first-order chi connectivity index (χ1) is 14.6. The van der Waals surface area contributed by atoms with E-state index in [1.54, 1.807) is 0 Å². The Hall–Kier alpha value is -2.03. The topological polar surface area (TPSA) is 48.8 Å². The van der Waals surface area contributed by atoms with Gasteiger partial charge in [0.2, 0.25) is 0 Å². The van der Waals surface area contributed by atoms with Crippen molar-refractivity contribution in [1.29, 1.82) is 0 Å². The average Bonchev–Trinajstić information content (AvgIpc) is 2.71. The number of piperazine rings is 1. The average molecular weight is 458 g/mol. The summed E-state index contributed by atoms with van der Waals surface area (Å²) in [6.45, 7) is 9.04. The third kappa shape index (κ3) is 5.81. The second-order valence-corrected chi connectivity index (χ2v) is 8.34. The van der Waals surface area contributed by atoms with Gasteiger partial charge in [-0.2, -0.15) is 13.2 Å². The van der Waals surface area contributed by atoms with Crippen LogP contribution < -0.4 is 9.64 Å². The predicted octanol–water partition coefficient (Wildman–Crippen LogP) is 4.24. The van der Waals surface area contributed by atoms with E-state index in [9.17, 15) is 18.3 Å². The summed E-state index contributed by atoms with van der Waals surface area (Å²) in [4.78, 5) is 7.89. The van der Waals surface area contributed by atoms with Crippen LogP contribution in [0.3, 0.4) is 0 Å². The second kappa shape index (κ2) is 9.63. The predicted molar refractivity (Wildman–Crippen MR) is 115 cm³/mol. The van der Waals surface area contributed by atoms with Gasteiger partial charge in [-0.15, -0.1) is 0 Å². The van der Waals surface area contributed by atoms with Crippen LogP contribution in [0.1, 0.15) is 22.3 Å². The maximum atomic E-state index is 12.8. The van der Waals surface area contributed by atoms with Gasteiger partial charge in [0.25, 0.3) is 0 Å². The smallest absolute Gasteiger partial charge is 0.417 e. The number of aryl methyl sites for hydroxylation is 2. The number of nitrogens with zero attached hydrogens (tertiary/aromatic N) is 3. The van der Waals surface area contributed by atoms with Crippen LogP contribution in [0.15, 0.2) is 24.4 Å². The van der Waals surface area contributed by atoms with Crippen LogP contribution >= 0.6 is 11.6 Å². The Balaban J connectivity index is 1.51. The van der Waals surface area contributed by atoms with Gasteiger partial charge in [0.05, 0.1) is 10.6 Å². The molecule has 0 saturated carbocycles. The number of rotatable bonds is 6. The van der Waals surface area contributed by atoms with Crippen LogP contribution in [0, 0.1) is 20.8 Å². The lowest BCUT2D eigenvalue weighted by Gasteiger charge is -2.36. The van der Waals surface area contributed by atoms with Gasteiger partial charge in [-0.25, -0.2) is 4.98 Å². The van der Waals surface area contributed by atoms with Crippen LogP contribution in [0.2, 0.25) is 5.02 Å². The molecule has 1 N–H and O–H groups in total. The molecule has 1 aliphatic heterocycles. The molecule has 1 unspecified atom stereocenters. The third-order valence-electron chi connectivity index (χ3n) is 5.58. The minimum absolute atomic E-state index is 0.0133. The fraction of sp³-hybridized carbons (Fsp3) is 0.500. The number of aromatic nitrogens is 1. The molecule has 2 aromatic rings. The van der Waals surface area contributed by atoms with E-state index in [2.05, 4.69) is 9.88 Å². The number of aliphatic hydroxyl groups is 1. The first-order valence-electron chi connectivity index (χ1n) is 10.1. The van der Waals surface area contributed by atoms with Crippen molar-refractivity contribution < 1.29 is 23.0 Å². The van der Waals surface area contributed by atoms with Crippen molar-refractivity contribution >= 4 is 17.4 Å². The first kappa shape index (κ1) is 23.6. The van der Waals surface area contributed by atoms with Gasteiger partial charge in [-0.3, -0.25) is 4.90 Å². The lowest BCUT2D eigenvalue weighted by atomic mass is 10.1.